The average Bonchev–Trinajstić information content (AvgIpc) is 2.94. The summed E-state index contributed by atoms with van der Waals surface area (Å²) in [7, 11) is 0. The zero-order valence-electron chi connectivity index (χ0n) is 12.2. The smallest absolute Gasteiger partial charge is 0.221 e. The number of carbonyl (C=O) groups is 2. The van der Waals surface area contributed by atoms with E-state index < -0.39 is 6.04 Å². The van der Waals surface area contributed by atoms with Crippen molar-refractivity contribution in [3.63, 3.8) is 0 Å². The SMILES string of the molecule is Cc1cc(CCC(=O)NC2COc3ccccc3C2=O)no1. The number of fused-ring (bicyclic) bond motifs is 1. The molecule has 1 aromatic heterocycles. The third-order valence-corrected chi connectivity index (χ3v) is 3.49. The second-order valence-corrected chi connectivity index (χ2v) is 5.22. The lowest BCUT2D eigenvalue weighted by Crippen LogP contribution is -2.47. The van der Waals surface area contributed by atoms with Crippen molar-refractivity contribution < 1.29 is 18.8 Å². The lowest BCUT2D eigenvalue weighted by Gasteiger charge is -2.24. The third kappa shape index (κ3) is 3.00. The Morgan fingerprint density at radius 3 is 3.00 bits per heavy atom. The fraction of sp³-hybridized carbons (Fsp3) is 0.312. The van der Waals surface area contributed by atoms with Gasteiger partial charge in [-0.15, -0.1) is 0 Å². The first kappa shape index (κ1) is 14.3. The highest BCUT2D eigenvalue weighted by molar-refractivity contribution is 6.04. The van der Waals surface area contributed by atoms with Gasteiger partial charge in [0.2, 0.25) is 5.91 Å². The number of aromatic nitrogens is 1. The summed E-state index contributed by atoms with van der Waals surface area (Å²) in [5, 5.41) is 6.55. The van der Waals surface area contributed by atoms with Gasteiger partial charge in [0.1, 0.15) is 24.2 Å². The van der Waals surface area contributed by atoms with Crippen LogP contribution in [0.2, 0.25) is 0 Å². The maximum absolute atomic E-state index is 12.3. The van der Waals surface area contributed by atoms with E-state index in [4.69, 9.17) is 9.26 Å². The zero-order chi connectivity index (χ0) is 15.5. The minimum atomic E-state index is -0.638. The Morgan fingerprint density at radius 1 is 1.41 bits per heavy atom. The Bertz CT molecular complexity index is 708. The number of benzene rings is 1. The number of ether oxygens (including phenoxy) is 1. The number of para-hydroxylation sites is 1. The van der Waals surface area contributed by atoms with Gasteiger partial charge in [-0.1, -0.05) is 17.3 Å². The van der Waals surface area contributed by atoms with Gasteiger partial charge in [-0.3, -0.25) is 9.59 Å². The molecule has 2 aromatic rings. The third-order valence-electron chi connectivity index (χ3n) is 3.49. The molecule has 1 aliphatic rings. The van der Waals surface area contributed by atoms with E-state index in [0.717, 1.165) is 5.69 Å². The first-order valence-corrected chi connectivity index (χ1v) is 7.11. The van der Waals surface area contributed by atoms with Crippen LogP contribution in [0, 0.1) is 6.92 Å². The highest BCUT2D eigenvalue weighted by Crippen LogP contribution is 2.24. The van der Waals surface area contributed by atoms with Crippen molar-refractivity contribution in [1.29, 1.82) is 0 Å². The molecule has 3 rings (SSSR count). The topological polar surface area (TPSA) is 81.4 Å². The molecule has 2 heterocycles. The second-order valence-electron chi connectivity index (χ2n) is 5.22. The molecule has 0 radical (unpaired) electrons. The van der Waals surface area contributed by atoms with Gasteiger partial charge in [-0.05, 0) is 19.1 Å². The molecular weight excluding hydrogens is 284 g/mol. The number of hydrogen-bond acceptors (Lipinski definition) is 5. The van der Waals surface area contributed by atoms with Gasteiger partial charge in [0.05, 0.1) is 11.3 Å². The van der Waals surface area contributed by atoms with Crippen molar-refractivity contribution >= 4 is 11.7 Å². The molecule has 6 heteroatoms. The Labute approximate surface area is 127 Å². The van der Waals surface area contributed by atoms with E-state index in [2.05, 4.69) is 10.5 Å². The van der Waals surface area contributed by atoms with Gasteiger partial charge in [-0.2, -0.15) is 0 Å². The van der Waals surface area contributed by atoms with E-state index in [1.165, 1.54) is 0 Å². The number of Topliss-reactive ketones (excluding diaryl/α,β-unsaturated/α-hetero) is 1. The Hall–Kier alpha value is -2.63. The fourth-order valence-corrected chi connectivity index (χ4v) is 2.38. The van der Waals surface area contributed by atoms with Crippen molar-refractivity contribution in [2.45, 2.75) is 25.8 Å². The molecule has 1 atom stereocenters. The minimum Gasteiger partial charge on any atom is -0.490 e. The number of nitrogens with one attached hydrogen (secondary N) is 1. The van der Waals surface area contributed by atoms with Gasteiger partial charge in [0, 0.05) is 18.9 Å². The summed E-state index contributed by atoms with van der Waals surface area (Å²) in [5.74, 6) is 0.952. The van der Waals surface area contributed by atoms with Crippen LogP contribution in [0.1, 0.15) is 28.2 Å². The number of ketones is 1. The molecule has 114 valence electrons. The lowest BCUT2D eigenvalue weighted by molar-refractivity contribution is -0.121. The normalized spacial score (nSPS) is 16.8. The monoisotopic (exact) mass is 300 g/mol. The first-order valence-electron chi connectivity index (χ1n) is 7.11. The van der Waals surface area contributed by atoms with Crippen molar-refractivity contribution in [3.8, 4) is 5.75 Å². The van der Waals surface area contributed by atoms with Crippen LogP contribution in [-0.4, -0.2) is 29.5 Å². The Morgan fingerprint density at radius 2 is 2.23 bits per heavy atom. The maximum atomic E-state index is 12.3. The quantitative estimate of drug-likeness (QED) is 0.929. The van der Waals surface area contributed by atoms with Crippen molar-refractivity contribution in [2.24, 2.45) is 0 Å². The van der Waals surface area contributed by atoms with Crippen LogP contribution in [0.25, 0.3) is 0 Å². The molecular formula is C16H16N2O4. The minimum absolute atomic E-state index is 0.118. The summed E-state index contributed by atoms with van der Waals surface area (Å²) in [6, 6.07) is 8.19. The number of aryl methyl sites for hydroxylation is 2. The summed E-state index contributed by atoms with van der Waals surface area (Å²) in [5.41, 5.74) is 1.23. The summed E-state index contributed by atoms with van der Waals surface area (Å²) >= 11 is 0. The van der Waals surface area contributed by atoms with E-state index in [-0.39, 0.29) is 24.7 Å². The summed E-state index contributed by atoms with van der Waals surface area (Å²) in [4.78, 5) is 24.3. The van der Waals surface area contributed by atoms with Crippen LogP contribution >= 0.6 is 0 Å². The number of nitrogens with zero attached hydrogens (tertiary/aromatic N) is 1. The van der Waals surface area contributed by atoms with Gasteiger partial charge in [0.15, 0.2) is 5.78 Å². The van der Waals surface area contributed by atoms with Crippen molar-refractivity contribution in [1.82, 2.24) is 10.5 Å². The molecule has 1 aliphatic heterocycles. The Balaban J connectivity index is 1.57. The van der Waals surface area contributed by atoms with Crippen LogP contribution < -0.4 is 10.1 Å². The van der Waals surface area contributed by atoms with E-state index in [1.807, 2.05) is 6.07 Å². The molecule has 0 spiro atoms. The van der Waals surface area contributed by atoms with Gasteiger partial charge >= 0.3 is 0 Å². The van der Waals surface area contributed by atoms with Crippen LogP contribution in [0.3, 0.4) is 0 Å². The standard InChI is InChI=1S/C16H16N2O4/c1-10-8-11(18-22-10)6-7-15(19)17-13-9-21-14-5-3-2-4-12(14)16(13)20/h2-5,8,13H,6-7,9H2,1H3,(H,17,19). The number of carbonyl (C=O) groups excluding carboxylic acids is 2. The highest BCUT2D eigenvalue weighted by atomic mass is 16.5. The van der Waals surface area contributed by atoms with Crippen molar-refractivity contribution in [3.05, 3.63) is 47.3 Å². The maximum Gasteiger partial charge on any atom is 0.221 e. The number of amides is 1. The first-order chi connectivity index (χ1) is 10.6. The molecule has 0 aliphatic carbocycles. The Kier molecular flexibility index (Phi) is 3.91. The predicted octanol–water partition coefficient (Wildman–Crippen LogP) is 1.68. The van der Waals surface area contributed by atoms with Gasteiger partial charge in [0.25, 0.3) is 0 Å². The number of hydrogen-bond donors (Lipinski definition) is 1. The number of rotatable bonds is 4. The van der Waals surface area contributed by atoms with E-state index >= 15 is 0 Å². The summed E-state index contributed by atoms with van der Waals surface area (Å²) in [6.07, 6.45) is 0.721. The van der Waals surface area contributed by atoms with E-state index in [9.17, 15) is 9.59 Å². The van der Waals surface area contributed by atoms with E-state index in [1.54, 1.807) is 31.2 Å². The molecule has 1 aromatic carbocycles. The molecule has 6 nitrogen and oxygen atoms in total. The van der Waals surface area contributed by atoms with Gasteiger partial charge < -0.3 is 14.6 Å². The van der Waals surface area contributed by atoms with Crippen LogP contribution in [0.15, 0.2) is 34.9 Å². The fourth-order valence-electron chi connectivity index (χ4n) is 2.38. The van der Waals surface area contributed by atoms with E-state index in [0.29, 0.717) is 23.5 Å². The zero-order valence-corrected chi connectivity index (χ0v) is 12.2. The molecule has 1 N–H and O–H groups in total. The van der Waals surface area contributed by atoms with Crippen LogP contribution in [-0.2, 0) is 11.2 Å². The molecule has 0 bridgehead atoms. The highest BCUT2D eigenvalue weighted by Gasteiger charge is 2.29. The van der Waals surface area contributed by atoms with Crippen LogP contribution in [0.4, 0.5) is 0 Å². The summed E-state index contributed by atoms with van der Waals surface area (Å²) in [6.45, 7) is 1.96. The second kappa shape index (κ2) is 6.01. The molecule has 0 fully saturated rings. The molecule has 1 amide bonds. The average molecular weight is 300 g/mol. The predicted molar refractivity (Wildman–Crippen MR) is 77.8 cm³/mol. The summed E-state index contributed by atoms with van der Waals surface area (Å²) < 4.78 is 10.5. The molecule has 0 saturated heterocycles. The lowest BCUT2D eigenvalue weighted by atomic mass is 10.0. The molecule has 22 heavy (non-hydrogen) atoms. The largest absolute Gasteiger partial charge is 0.490 e. The van der Waals surface area contributed by atoms with Crippen LogP contribution in [0.5, 0.6) is 5.75 Å². The van der Waals surface area contributed by atoms with Crippen molar-refractivity contribution in [2.75, 3.05) is 6.61 Å². The molecule has 1 unspecified atom stereocenters. The van der Waals surface area contributed by atoms with Gasteiger partial charge in [-0.25, -0.2) is 0 Å². The molecule has 0 saturated carbocycles.